The summed E-state index contributed by atoms with van der Waals surface area (Å²) < 4.78 is 11.4. The van der Waals surface area contributed by atoms with Gasteiger partial charge in [-0.25, -0.2) is 0 Å². The molecule has 0 amide bonds. The highest BCUT2D eigenvalue weighted by Crippen LogP contribution is 2.40. The highest BCUT2D eigenvalue weighted by atomic mass is 16.5. The maximum absolute atomic E-state index is 9.46. The number of methoxy groups -OCH3 is 1. The van der Waals surface area contributed by atoms with Crippen molar-refractivity contribution >= 4 is 0 Å². The number of benzene rings is 2. The lowest BCUT2D eigenvalue weighted by atomic mass is 10.0. The van der Waals surface area contributed by atoms with Gasteiger partial charge in [0.1, 0.15) is 17.2 Å². The first-order valence-corrected chi connectivity index (χ1v) is 9.92. The van der Waals surface area contributed by atoms with Crippen LogP contribution in [0.1, 0.15) is 31.2 Å². The molecule has 0 spiro atoms. The first-order chi connectivity index (χ1) is 13.1. The Morgan fingerprint density at radius 2 is 1.56 bits per heavy atom. The maximum Gasteiger partial charge on any atom is 0.119 e. The third kappa shape index (κ3) is 4.22. The minimum Gasteiger partial charge on any atom is -0.508 e. The zero-order valence-electron chi connectivity index (χ0n) is 16.2. The Kier molecular flexibility index (Phi) is 5.26. The van der Waals surface area contributed by atoms with Gasteiger partial charge in [-0.2, -0.15) is 0 Å². The fourth-order valence-electron chi connectivity index (χ4n) is 4.73. The zero-order chi connectivity index (χ0) is 18.8. The van der Waals surface area contributed by atoms with Crippen LogP contribution in [0.2, 0.25) is 0 Å². The summed E-state index contributed by atoms with van der Waals surface area (Å²) in [6.45, 7) is 5.71. The minimum absolute atomic E-state index is 0.338. The van der Waals surface area contributed by atoms with Gasteiger partial charge in [-0.05, 0) is 72.6 Å². The largest absolute Gasteiger partial charge is 0.508 e. The molecular weight excluding hydrogens is 338 g/mol. The van der Waals surface area contributed by atoms with Gasteiger partial charge in [0.15, 0.2) is 0 Å². The predicted molar refractivity (Wildman–Crippen MR) is 107 cm³/mol. The number of likely N-dealkylation sites (tertiary alicyclic amines) is 1. The molecule has 1 aliphatic carbocycles. The first-order valence-electron chi connectivity index (χ1n) is 9.92. The van der Waals surface area contributed by atoms with Crippen LogP contribution in [-0.2, 0) is 0 Å². The van der Waals surface area contributed by atoms with Crippen molar-refractivity contribution in [1.82, 2.24) is 4.90 Å². The van der Waals surface area contributed by atoms with E-state index in [4.69, 9.17) is 9.47 Å². The number of phenolic OH excluding ortho intramolecular Hbond substituents is 1. The summed E-state index contributed by atoms with van der Waals surface area (Å²) in [5.74, 6) is 4.13. The van der Waals surface area contributed by atoms with Gasteiger partial charge in [0.2, 0.25) is 0 Å². The number of fused-ring (bicyclic) bond motifs is 1. The van der Waals surface area contributed by atoms with E-state index in [0.717, 1.165) is 42.7 Å². The van der Waals surface area contributed by atoms with Crippen LogP contribution in [0.15, 0.2) is 48.5 Å². The number of phenols is 1. The molecule has 2 aliphatic rings. The van der Waals surface area contributed by atoms with E-state index in [9.17, 15) is 5.11 Å². The van der Waals surface area contributed by atoms with Gasteiger partial charge >= 0.3 is 0 Å². The van der Waals surface area contributed by atoms with Gasteiger partial charge in [0.05, 0.1) is 13.2 Å². The molecule has 2 unspecified atom stereocenters. The molecule has 144 valence electrons. The van der Waals surface area contributed by atoms with Gasteiger partial charge in [0, 0.05) is 19.6 Å². The smallest absolute Gasteiger partial charge is 0.119 e. The molecular formula is C23H29NO3. The number of hydrogen-bond donors (Lipinski definition) is 1. The summed E-state index contributed by atoms with van der Waals surface area (Å²) in [5.41, 5.74) is 1.30. The summed E-state index contributed by atoms with van der Waals surface area (Å²) in [6, 6.07) is 15.6. The third-order valence-electron chi connectivity index (χ3n) is 6.14. The average molecular weight is 367 g/mol. The van der Waals surface area contributed by atoms with Crippen molar-refractivity contribution in [3.05, 3.63) is 54.1 Å². The lowest BCUT2D eigenvalue weighted by Gasteiger charge is -2.23. The SMILES string of the molecule is COc1ccc(OC2C[C@@H]3CN(CC(C)c4ccc(O)cc4)C[C@@H]3C2)cc1. The van der Waals surface area contributed by atoms with Crippen LogP contribution in [0.3, 0.4) is 0 Å². The van der Waals surface area contributed by atoms with Gasteiger partial charge in [0.25, 0.3) is 0 Å². The molecule has 0 aromatic heterocycles. The Hall–Kier alpha value is -2.20. The summed E-state index contributed by atoms with van der Waals surface area (Å²) >= 11 is 0. The molecule has 4 heteroatoms. The van der Waals surface area contributed by atoms with E-state index in [0.29, 0.717) is 17.8 Å². The fraction of sp³-hybridized carbons (Fsp3) is 0.478. The number of aromatic hydroxyl groups is 1. The maximum atomic E-state index is 9.46. The molecule has 2 aromatic rings. The second kappa shape index (κ2) is 7.81. The lowest BCUT2D eigenvalue weighted by molar-refractivity contribution is 0.184. The van der Waals surface area contributed by atoms with Crippen LogP contribution >= 0.6 is 0 Å². The molecule has 0 bridgehead atoms. The van der Waals surface area contributed by atoms with Crippen molar-refractivity contribution < 1.29 is 14.6 Å². The summed E-state index contributed by atoms with van der Waals surface area (Å²) in [7, 11) is 1.68. The van der Waals surface area contributed by atoms with E-state index in [1.54, 1.807) is 19.2 Å². The molecule has 4 nitrogen and oxygen atoms in total. The lowest BCUT2D eigenvalue weighted by Crippen LogP contribution is -2.28. The Bertz CT molecular complexity index is 729. The quantitative estimate of drug-likeness (QED) is 0.827. The Labute approximate surface area is 161 Å². The van der Waals surface area contributed by atoms with E-state index in [-0.39, 0.29) is 0 Å². The van der Waals surface area contributed by atoms with Crippen molar-refractivity contribution in [2.24, 2.45) is 11.8 Å². The van der Waals surface area contributed by atoms with E-state index in [2.05, 4.69) is 11.8 Å². The Morgan fingerprint density at radius 1 is 0.963 bits per heavy atom. The van der Waals surface area contributed by atoms with Gasteiger partial charge in [-0.1, -0.05) is 19.1 Å². The molecule has 4 atom stereocenters. The number of rotatable bonds is 6. The molecule has 4 rings (SSSR count). The van der Waals surface area contributed by atoms with Crippen LogP contribution in [0.5, 0.6) is 17.2 Å². The Balaban J connectivity index is 1.27. The van der Waals surface area contributed by atoms with Crippen molar-refractivity contribution in [2.75, 3.05) is 26.7 Å². The summed E-state index contributed by atoms with van der Waals surface area (Å²) in [6.07, 6.45) is 2.65. The molecule has 1 N–H and O–H groups in total. The highest BCUT2D eigenvalue weighted by Gasteiger charge is 2.41. The molecule has 1 aliphatic heterocycles. The van der Waals surface area contributed by atoms with Crippen molar-refractivity contribution in [1.29, 1.82) is 0 Å². The second-order valence-corrected chi connectivity index (χ2v) is 8.12. The van der Waals surface area contributed by atoms with Crippen LogP contribution in [0.25, 0.3) is 0 Å². The third-order valence-corrected chi connectivity index (χ3v) is 6.14. The highest BCUT2D eigenvalue weighted by molar-refractivity contribution is 5.31. The van der Waals surface area contributed by atoms with E-state index < -0.39 is 0 Å². The minimum atomic E-state index is 0.338. The van der Waals surface area contributed by atoms with Crippen molar-refractivity contribution in [2.45, 2.75) is 31.8 Å². The van der Waals surface area contributed by atoms with Crippen LogP contribution in [-0.4, -0.2) is 42.9 Å². The van der Waals surface area contributed by atoms with Crippen LogP contribution < -0.4 is 9.47 Å². The molecule has 1 heterocycles. The topological polar surface area (TPSA) is 41.9 Å². The van der Waals surface area contributed by atoms with Crippen LogP contribution in [0.4, 0.5) is 0 Å². The Morgan fingerprint density at radius 3 is 2.15 bits per heavy atom. The summed E-state index contributed by atoms with van der Waals surface area (Å²) in [5, 5.41) is 9.46. The molecule has 1 saturated carbocycles. The molecule has 27 heavy (non-hydrogen) atoms. The monoisotopic (exact) mass is 367 g/mol. The van der Waals surface area contributed by atoms with E-state index in [1.807, 2.05) is 36.4 Å². The van der Waals surface area contributed by atoms with Crippen molar-refractivity contribution in [3.63, 3.8) is 0 Å². The van der Waals surface area contributed by atoms with Gasteiger partial charge in [-0.3, -0.25) is 0 Å². The molecule has 1 saturated heterocycles. The molecule has 2 aromatic carbocycles. The van der Waals surface area contributed by atoms with Gasteiger partial charge < -0.3 is 19.5 Å². The summed E-state index contributed by atoms with van der Waals surface area (Å²) in [4.78, 5) is 2.61. The predicted octanol–water partition coefficient (Wildman–Crippen LogP) is 4.29. The standard InChI is InChI=1S/C23H29NO3/c1-16(17-3-5-20(25)6-4-17)13-24-14-18-11-23(12-19(18)15-24)27-22-9-7-21(26-2)8-10-22/h3-10,16,18-19,23,25H,11-15H2,1-2H3/t16?,18-,19+,23?. The first kappa shape index (κ1) is 18.2. The zero-order valence-corrected chi connectivity index (χ0v) is 16.2. The number of ether oxygens (including phenoxy) is 2. The fourth-order valence-corrected chi connectivity index (χ4v) is 4.73. The molecule has 2 fully saturated rings. The van der Waals surface area contributed by atoms with Crippen molar-refractivity contribution in [3.8, 4) is 17.2 Å². The number of nitrogens with zero attached hydrogens (tertiary/aromatic N) is 1. The van der Waals surface area contributed by atoms with E-state index >= 15 is 0 Å². The van der Waals surface area contributed by atoms with Crippen LogP contribution in [0, 0.1) is 11.8 Å². The second-order valence-electron chi connectivity index (χ2n) is 8.12. The normalized spacial score (nSPS) is 25.9. The van der Waals surface area contributed by atoms with Gasteiger partial charge in [-0.15, -0.1) is 0 Å². The molecule has 0 radical (unpaired) electrons. The average Bonchev–Trinajstić information content (AvgIpc) is 3.20. The van der Waals surface area contributed by atoms with E-state index in [1.165, 1.54) is 18.7 Å². The number of hydrogen-bond acceptors (Lipinski definition) is 4.